The Kier molecular flexibility index (Phi) is 1.44. The van der Waals surface area contributed by atoms with E-state index in [0.717, 1.165) is 12.3 Å². The second-order valence-corrected chi connectivity index (χ2v) is 4.06. The molecule has 2 fully saturated rings. The Morgan fingerprint density at radius 1 is 1.36 bits per heavy atom. The maximum absolute atomic E-state index is 10.8. The fourth-order valence-electron chi connectivity index (χ4n) is 3.01. The molecule has 0 spiro atoms. The lowest BCUT2D eigenvalue weighted by molar-refractivity contribution is -0.145. The second-order valence-electron chi connectivity index (χ2n) is 4.06. The molecule has 2 saturated carbocycles. The van der Waals surface area contributed by atoms with Gasteiger partial charge < -0.3 is 5.11 Å². The molecule has 11 heavy (non-hydrogen) atoms. The van der Waals surface area contributed by atoms with Crippen molar-refractivity contribution in [1.29, 1.82) is 0 Å². The van der Waals surface area contributed by atoms with Crippen LogP contribution in [0.5, 0.6) is 0 Å². The molecule has 0 radical (unpaired) electrons. The molecule has 0 aromatic heterocycles. The van der Waals surface area contributed by atoms with Gasteiger partial charge in [0.1, 0.15) is 0 Å². The van der Waals surface area contributed by atoms with Crippen molar-refractivity contribution in [2.24, 2.45) is 23.7 Å². The first-order chi connectivity index (χ1) is 5.20. The smallest absolute Gasteiger partial charge is 0.307 e. The normalized spacial score (nSPS) is 48.1. The highest BCUT2D eigenvalue weighted by atomic mass is 16.4. The van der Waals surface area contributed by atoms with Gasteiger partial charge in [-0.15, -0.1) is 0 Å². The Hall–Kier alpha value is -0.530. The van der Waals surface area contributed by atoms with E-state index < -0.39 is 5.97 Å². The number of carboxylic acids is 1. The van der Waals surface area contributed by atoms with Gasteiger partial charge in [0.15, 0.2) is 0 Å². The summed E-state index contributed by atoms with van der Waals surface area (Å²) in [4.78, 5) is 10.8. The molecule has 2 aliphatic carbocycles. The van der Waals surface area contributed by atoms with Crippen LogP contribution in [0, 0.1) is 23.7 Å². The Bertz CT molecular complexity index is 186. The summed E-state index contributed by atoms with van der Waals surface area (Å²) in [5, 5.41) is 8.91. The van der Waals surface area contributed by atoms with Crippen molar-refractivity contribution in [1.82, 2.24) is 0 Å². The number of aliphatic carboxylic acids is 1. The number of carboxylic acid groups (broad SMARTS) is 1. The third kappa shape index (κ3) is 0.883. The first-order valence-corrected chi connectivity index (χ1v) is 4.43. The molecule has 0 aromatic rings. The summed E-state index contributed by atoms with van der Waals surface area (Å²) in [7, 11) is 0. The number of carbonyl (C=O) groups is 1. The topological polar surface area (TPSA) is 37.3 Å². The van der Waals surface area contributed by atoms with Crippen LogP contribution >= 0.6 is 0 Å². The molecule has 4 unspecified atom stereocenters. The van der Waals surface area contributed by atoms with Gasteiger partial charge in [-0.05, 0) is 37.0 Å². The summed E-state index contributed by atoms with van der Waals surface area (Å²) in [5.74, 6) is 1.08. The highest BCUT2D eigenvalue weighted by molar-refractivity contribution is 5.71. The van der Waals surface area contributed by atoms with Crippen molar-refractivity contribution in [2.45, 2.75) is 26.2 Å². The first-order valence-electron chi connectivity index (χ1n) is 4.43. The second kappa shape index (κ2) is 2.23. The van der Waals surface area contributed by atoms with Crippen molar-refractivity contribution in [3.05, 3.63) is 0 Å². The predicted molar refractivity (Wildman–Crippen MR) is 41.1 cm³/mol. The molecule has 0 aliphatic heterocycles. The zero-order chi connectivity index (χ0) is 8.01. The predicted octanol–water partition coefficient (Wildman–Crippen LogP) is 1.75. The molecule has 4 atom stereocenters. The van der Waals surface area contributed by atoms with Gasteiger partial charge in [0.05, 0.1) is 5.92 Å². The van der Waals surface area contributed by atoms with E-state index in [9.17, 15) is 4.79 Å². The Morgan fingerprint density at radius 3 is 2.36 bits per heavy atom. The van der Waals surface area contributed by atoms with Crippen LogP contribution in [0.4, 0.5) is 0 Å². The van der Waals surface area contributed by atoms with Crippen molar-refractivity contribution in [3.63, 3.8) is 0 Å². The van der Waals surface area contributed by atoms with E-state index in [-0.39, 0.29) is 5.92 Å². The van der Waals surface area contributed by atoms with Gasteiger partial charge in [0.25, 0.3) is 0 Å². The van der Waals surface area contributed by atoms with Crippen molar-refractivity contribution >= 4 is 5.97 Å². The van der Waals surface area contributed by atoms with E-state index in [1.807, 2.05) is 0 Å². The lowest BCUT2D eigenvalue weighted by Crippen LogP contribution is -2.27. The third-order valence-electron chi connectivity index (χ3n) is 3.62. The maximum Gasteiger partial charge on any atom is 0.307 e. The van der Waals surface area contributed by atoms with Crippen LogP contribution in [-0.2, 0) is 4.79 Å². The zero-order valence-electron chi connectivity index (χ0n) is 6.79. The van der Waals surface area contributed by atoms with Crippen LogP contribution in [0.1, 0.15) is 26.2 Å². The summed E-state index contributed by atoms with van der Waals surface area (Å²) in [6, 6.07) is 0. The average molecular weight is 154 g/mol. The zero-order valence-corrected chi connectivity index (χ0v) is 6.79. The molecule has 2 heteroatoms. The van der Waals surface area contributed by atoms with E-state index in [2.05, 4.69) is 6.92 Å². The molecule has 0 aromatic carbocycles. The quantitative estimate of drug-likeness (QED) is 0.624. The Balaban J connectivity index is 2.17. The van der Waals surface area contributed by atoms with Crippen molar-refractivity contribution in [3.8, 4) is 0 Å². The summed E-state index contributed by atoms with van der Waals surface area (Å²) in [6.07, 6.45) is 3.61. The summed E-state index contributed by atoms with van der Waals surface area (Å²) < 4.78 is 0. The van der Waals surface area contributed by atoms with E-state index in [1.54, 1.807) is 0 Å². The summed E-state index contributed by atoms with van der Waals surface area (Å²) >= 11 is 0. The molecule has 2 nitrogen and oxygen atoms in total. The lowest BCUT2D eigenvalue weighted by atomic mass is 9.81. The molecule has 0 heterocycles. The third-order valence-corrected chi connectivity index (χ3v) is 3.62. The highest BCUT2D eigenvalue weighted by Gasteiger charge is 2.48. The molecule has 0 saturated heterocycles. The van der Waals surface area contributed by atoms with Crippen molar-refractivity contribution < 1.29 is 9.90 Å². The monoisotopic (exact) mass is 154 g/mol. The van der Waals surface area contributed by atoms with Crippen LogP contribution < -0.4 is 0 Å². The Labute approximate surface area is 66.6 Å². The van der Waals surface area contributed by atoms with Crippen LogP contribution in [0.3, 0.4) is 0 Å². The molecular weight excluding hydrogens is 140 g/mol. The van der Waals surface area contributed by atoms with E-state index in [1.165, 1.54) is 12.8 Å². The molecule has 62 valence electrons. The minimum Gasteiger partial charge on any atom is -0.481 e. The molecule has 2 rings (SSSR count). The van der Waals surface area contributed by atoms with Gasteiger partial charge >= 0.3 is 5.97 Å². The first kappa shape index (κ1) is 7.14. The number of rotatable bonds is 1. The van der Waals surface area contributed by atoms with Crippen molar-refractivity contribution in [2.75, 3.05) is 0 Å². The summed E-state index contributed by atoms with van der Waals surface area (Å²) in [5.41, 5.74) is 0. The van der Waals surface area contributed by atoms with Gasteiger partial charge in [-0.25, -0.2) is 0 Å². The summed E-state index contributed by atoms with van der Waals surface area (Å²) in [6.45, 7) is 2.10. The van der Waals surface area contributed by atoms with Gasteiger partial charge in [-0.1, -0.05) is 6.92 Å². The number of hydrogen-bond acceptors (Lipinski definition) is 1. The van der Waals surface area contributed by atoms with Gasteiger partial charge in [0, 0.05) is 0 Å². The van der Waals surface area contributed by atoms with Crippen LogP contribution in [0.2, 0.25) is 0 Å². The van der Waals surface area contributed by atoms with Gasteiger partial charge in [-0.3, -0.25) is 4.79 Å². The molecule has 0 amide bonds. The lowest BCUT2D eigenvalue weighted by Gasteiger charge is -2.24. The van der Waals surface area contributed by atoms with Crippen LogP contribution in [-0.4, -0.2) is 11.1 Å². The van der Waals surface area contributed by atoms with E-state index >= 15 is 0 Å². The molecular formula is C9H14O2. The minimum absolute atomic E-state index is 0.0197. The largest absolute Gasteiger partial charge is 0.481 e. The van der Waals surface area contributed by atoms with E-state index in [4.69, 9.17) is 5.11 Å². The Morgan fingerprint density at radius 2 is 2.00 bits per heavy atom. The number of hydrogen-bond donors (Lipinski definition) is 1. The standard InChI is InChI=1S/C9H14O2/c1-5-6-2-3-7(4-6)8(5)9(10)11/h5-8H,2-4H2,1H3,(H,10,11). The van der Waals surface area contributed by atoms with E-state index in [0.29, 0.717) is 11.8 Å². The van der Waals surface area contributed by atoms with Gasteiger partial charge in [-0.2, -0.15) is 0 Å². The molecule has 2 bridgehead atoms. The fourth-order valence-corrected chi connectivity index (χ4v) is 3.01. The fraction of sp³-hybridized carbons (Fsp3) is 0.889. The number of fused-ring (bicyclic) bond motifs is 2. The van der Waals surface area contributed by atoms with Gasteiger partial charge in [0.2, 0.25) is 0 Å². The molecule has 1 N–H and O–H groups in total. The average Bonchev–Trinajstić information content (AvgIpc) is 2.44. The van der Waals surface area contributed by atoms with Crippen LogP contribution in [0.25, 0.3) is 0 Å². The molecule has 2 aliphatic rings. The van der Waals surface area contributed by atoms with Crippen LogP contribution in [0.15, 0.2) is 0 Å². The maximum atomic E-state index is 10.8. The SMILES string of the molecule is CC1C2CCC(C2)C1C(=O)O. The highest BCUT2D eigenvalue weighted by Crippen LogP contribution is 2.51. The minimum atomic E-state index is -0.565.